The lowest BCUT2D eigenvalue weighted by atomic mass is 10.1. The maximum atomic E-state index is 13.4. The number of nitrogens with zero attached hydrogens (tertiary/aromatic N) is 3. The van der Waals surface area contributed by atoms with E-state index in [0.29, 0.717) is 5.56 Å². The quantitative estimate of drug-likeness (QED) is 0.782. The minimum absolute atomic E-state index is 0.177. The van der Waals surface area contributed by atoms with Gasteiger partial charge in [0.15, 0.2) is 5.82 Å². The van der Waals surface area contributed by atoms with E-state index in [2.05, 4.69) is 10.2 Å². The van der Waals surface area contributed by atoms with Gasteiger partial charge in [0.2, 0.25) is 0 Å². The summed E-state index contributed by atoms with van der Waals surface area (Å²) >= 11 is 0. The third-order valence-corrected chi connectivity index (χ3v) is 4.05. The number of methoxy groups -OCH3 is 1. The van der Waals surface area contributed by atoms with Crippen molar-refractivity contribution >= 4 is 19.7 Å². The lowest BCUT2D eigenvalue weighted by Crippen LogP contribution is -2.12. The SMILES string of the molecule is COCCn1c(-c2cc(F)ccc2C)nnc1S(=O)(=O)Cl. The molecular formula is C12H13ClFN3O3S. The molecule has 0 aliphatic carbocycles. The second kappa shape index (κ2) is 6.08. The van der Waals surface area contributed by atoms with Crippen LogP contribution in [0.2, 0.25) is 0 Å². The second-order valence-electron chi connectivity index (χ2n) is 4.35. The van der Waals surface area contributed by atoms with Crippen LogP contribution in [0, 0.1) is 12.7 Å². The molecule has 6 nitrogen and oxygen atoms in total. The van der Waals surface area contributed by atoms with Gasteiger partial charge in [-0.05, 0) is 24.6 Å². The summed E-state index contributed by atoms with van der Waals surface area (Å²) in [6.07, 6.45) is 0. The zero-order valence-corrected chi connectivity index (χ0v) is 12.9. The monoisotopic (exact) mass is 333 g/mol. The van der Waals surface area contributed by atoms with Crippen molar-refractivity contribution in [2.45, 2.75) is 18.6 Å². The fourth-order valence-electron chi connectivity index (χ4n) is 1.89. The average Bonchev–Trinajstić information content (AvgIpc) is 2.82. The molecule has 0 radical (unpaired) electrons. The first-order valence-corrected chi connectivity index (χ1v) is 8.29. The predicted molar refractivity (Wildman–Crippen MR) is 75.1 cm³/mol. The number of aryl methyl sites for hydroxylation is 1. The Labute approximate surface area is 125 Å². The average molecular weight is 334 g/mol. The van der Waals surface area contributed by atoms with Crippen LogP contribution >= 0.6 is 10.7 Å². The fraction of sp³-hybridized carbons (Fsp3) is 0.333. The van der Waals surface area contributed by atoms with Crippen LogP contribution in [0.15, 0.2) is 23.4 Å². The number of ether oxygens (including phenoxy) is 1. The van der Waals surface area contributed by atoms with Crippen molar-refractivity contribution in [3.63, 3.8) is 0 Å². The molecule has 2 aromatic rings. The molecule has 0 N–H and O–H groups in total. The summed E-state index contributed by atoms with van der Waals surface area (Å²) in [7, 11) is 2.77. The van der Waals surface area contributed by atoms with Crippen LogP contribution in [-0.4, -0.2) is 36.9 Å². The van der Waals surface area contributed by atoms with Crippen molar-refractivity contribution in [1.82, 2.24) is 14.8 Å². The summed E-state index contributed by atoms with van der Waals surface area (Å²) in [5.41, 5.74) is 1.19. The first-order chi connectivity index (χ1) is 9.84. The molecule has 0 fully saturated rings. The van der Waals surface area contributed by atoms with E-state index in [4.69, 9.17) is 15.4 Å². The Morgan fingerprint density at radius 2 is 2.10 bits per heavy atom. The van der Waals surface area contributed by atoms with Gasteiger partial charge in [-0.2, -0.15) is 0 Å². The van der Waals surface area contributed by atoms with Crippen LogP contribution in [0.3, 0.4) is 0 Å². The Hall–Kier alpha value is -1.51. The molecule has 2 rings (SSSR count). The van der Waals surface area contributed by atoms with Crippen molar-refractivity contribution in [2.75, 3.05) is 13.7 Å². The molecule has 1 aromatic heterocycles. The van der Waals surface area contributed by atoms with Gasteiger partial charge in [-0.3, -0.25) is 4.57 Å². The standard InChI is InChI=1S/C12H13ClFN3O3S/c1-8-3-4-9(14)7-10(8)11-15-16-12(21(13,18)19)17(11)5-6-20-2/h3-4,7H,5-6H2,1-2H3. The molecule has 0 amide bonds. The molecule has 1 heterocycles. The number of hydrogen-bond acceptors (Lipinski definition) is 5. The maximum absolute atomic E-state index is 13.4. The zero-order chi connectivity index (χ0) is 15.6. The van der Waals surface area contributed by atoms with E-state index >= 15 is 0 Å². The van der Waals surface area contributed by atoms with Gasteiger partial charge >= 0.3 is 0 Å². The van der Waals surface area contributed by atoms with Crippen LogP contribution < -0.4 is 0 Å². The third kappa shape index (κ3) is 3.39. The Balaban J connectivity index is 2.63. The minimum atomic E-state index is -4.06. The summed E-state index contributed by atoms with van der Waals surface area (Å²) in [6.45, 7) is 2.17. The Kier molecular flexibility index (Phi) is 4.60. The number of hydrogen-bond donors (Lipinski definition) is 0. The molecule has 114 valence electrons. The summed E-state index contributed by atoms with van der Waals surface area (Å²) in [4.78, 5) is 0. The Morgan fingerprint density at radius 3 is 2.71 bits per heavy atom. The van der Waals surface area contributed by atoms with Crippen LogP contribution in [0.25, 0.3) is 11.4 Å². The number of rotatable bonds is 5. The molecule has 0 saturated carbocycles. The van der Waals surface area contributed by atoms with Crippen LogP contribution in [-0.2, 0) is 20.3 Å². The minimum Gasteiger partial charge on any atom is -0.383 e. The molecule has 9 heteroatoms. The summed E-state index contributed by atoms with van der Waals surface area (Å²) in [6, 6.07) is 4.16. The van der Waals surface area contributed by atoms with Gasteiger partial charge in [0, 0.05) is 23.4 Å². The molecule has 0 atom stereocenters. The van der Waals surface area contributed by atoms with E-state index in [9.17, 15) is 12.8 Å². The first kappa shape index (κ1) is 15.9. The molecule has 0 bridgehead atoms. The highest BCUT2D eigenvalue weighted by molar-refractivity contribution is 8.13. The van der Waals surface area contributed by atoms with Gasteiger partial charge in [0.05, 0.1) is 13.2 Å². The van der Waals surface area contributed by atoms with E-state index < -0.39 is 14.9 Å². The highest BCUT2D eigenvalue weighted by Crippen LogP contribution is 2.26. The molecule has 1 aromatic carbocycles. The number of halogens is 2. The topological polar surface area (TPSA) is 74.1 Å². The molecule has 0 saturated heterocycles. The van der Waals surface area contributed by atoms with Crippen LogP contribution in [0.4, 0.5) is 4.39 Å². The molecular weight excluding hydrogens is 321 g/mol. The second-order valence-corrected chi connectivity index (χ2v) is 6.81. The summed E-state index contributed by atoms with van der Waals surface area (Å²) in [5, 5.41) is 7.05. The van der Waals surface area contributed by atoms with Crippen molar-refractivity contribution in [1.29, 1.82) is 0 Å². The van der Waals surface area contributed by atoms with E-state index in [1.807, 2.05) is 0 Å². The van der Waals surface area contributed by atoms with Gasteiger partial charge in [-0.15, -0.1) is 10.2 Å². The highest BCUT2D eigenvalue weighted by Gasteiger charge is 2.24. The Bertz CT molecular complexity index is 761. The van der Waals surface area contributed by atoms with Crippen molar-refractivity contribution in [2.24, 2.45) is 0 Å². The number of aromatic nitrogens is 3. The lowest BCUT2D eigenvalue weighted by Gasteiger charge is -2.10. The van der Waals surface area contributed by atoms with Gasteiger partial charge in [-0.25, -0.2) is 12.8 Å². The zero-order valence-electron chi connectivity index (χ0n) is 11.4. The van der Waals surface area contributed by atoms with Crippen molar-refractivity contribution in [3.05, 3.63) is 29.6 Å². The maximum Gasteiger partial charge on any atom is 0.296 e. The van der Waals surface area contributed by atoms with Crippen LogP contribution in [0.1, 0.15) is 5.56 Å². The molecule has 0 aliphatic heterocycles. The van der Waals surface area contributed by atoms with E-state index in [-0.39, 0.29) is 24.1 Å². The third-order valence-electron chi connectivity index (χ3n) is 2.89. The smallest absolute Gasteiger partial charge is 0.296 e. The summed E-state index contributed by atoms with van der Waals surface area (Å²) < 4.78 is 42.8. The number of benzene rings is 1. The molecule has 0 unspecified atom stereocenters. The lowest BCUT2D eigenvalue weighted by molar-refractivity contribution is 0.185. The van der Waals surface area contributed by atoms with E-state index in [1.54, 1.807) is 13.0 Å². The first-order valence-electron chi connectivity index (χ1n) is 5.98. The highest BCUT2D eigenvalue weighted by atomic mass is 35.7. The van der Waals surface area contributed by atoms with Gasteiger partial charge < -0.3 is 4.74 Å². The van der Waals surface area contributed by atoms with Gasteiger partial charge in [0.1, 0.15) is 5.82 Å². The Morgan fingerprint density at radius 1 is 1.38 bits per heavy atom. The fourth-order valence-corrected chi connectivity index (χ4v) is 2.81. The van der Waals surface area contributed by atoms with Gasteiger partial charge in [0.25, 0.3) is 14.2 Å². The molecule has 0 aliphatic rings. The van der Waals surface area contributed by atoms with Crippen molar-refractivity contribution in [3.8, 4) is 11.4 Å². The summed E-state index contributed by atoms with van der Waals surface area (Å²) in [5.74, 6) is -0.226. The normalized spacial score (nSPS) is 11.8. The predicted octanol–water partition coefficient (Wildman–Crippen LogP) is 1.97. The van der Waals surface area contributed by atoms with Gasteiger partial charge in [-0.1, -0.05) is 6.07 Å². The molecule has 0 spiro atoms. The van der Waals surface area contributed by atoms with E-state index in [1.165, 1.54) is 23.8 Å². The van der Waals surface area contributed by atoms with Crippen LogP contribution in [0.5, 0.6) is 0 Å². The van der Waals surface area contributed by atoms with Crippen molar-refractivity contribution < 1.29 is 17.5 Å². The molecule has 21 heavy (non-hydrogen) atoms. The largest absolute Gasteiger partial charge is 0.383 e. The van der Waals surface area contributed by atoms with E-state index in [0.717, 1.165) is 5.56 Å².